The first kappa shape index (κ1) is 21.0. The van der Waals surface area contributed by atoms with Gasteiger partial charge in [-0.25, -0.2) is 9.59 Å². The molecule has 7 nitrogen and oxygen atoms in total. The van der Waals surface area contributed by atoms with Gasteiger partial charge in [0.2, 0.25) is 0 Å². The van der Waals surface area contributed by atoms with Crippen molar-refractivity contribution in [1.82, 2.24) is 0 Å². The molecule has 1 unspecified atom stereocenters. The van der Waals surface area contributed by atoms with Gasteiger partial charge in [-0.15, -0.1) is 11.3 Å². The lowest BCUT2D eigenvalue weighted by atomic mass is 10.0. The molecule has 2 N–H and O–H groups in total. The molecule has 1 atom stereocenters. The van der Waals surface area contributed by atoms with E-state index >= 15 is 0 Å². The zero-order valence-electron chi connectivity index (χ0n) is 17.0. The molecule has 2 aromatic rings. The Hall–Kier alpha value is -2.71. The summed E-state index contributed by atoms with van der Waals surface area (Å²) in [7, 11) is 2.65. The molecular formula is C21H25N2O5S+. The Balaban J connectivity index is 1.87. The topological polar surface area (TPSA) is 86.1 Å². The summed E-state index contributed by atoms with van der Waals surface area (Å²) in [4.78, 5) is 39.3. The number of anilines is 1. The van der Waals surface area contributed by atoms with Gasteiger partial charge in [0.15, 0.2) is 0 Å². The minimum atomic E-state index is -0.465. The van der Waals surface area contributed by atoms with Crippen LogP contribution >= 0.6 is 11.3 Å². The first-order chi connectivity index (χ1) is 13.8. The molecule has 0 spiro atoms. The molecule has 8 heteroatoms. The van der Waals surface area contributed by atoms with Crippen molar-refractivity contribution in [1.29, 1.82) is 0 Å². The van der Waals surface area contributed by atoms with Crippen LogP contribution in [0.25, 0.3) is 0 Å². The minimum absolute atomic E-state index is 0.349. The second-order valence-corrected chi connectivity index (χ2v) is 8.32. The highest BCUT2D eigenvalue weighted by Gasteiger charge is 2.32. The Bertz CT molecular complexity index is 933. The number of quaternary nitrogens is 1. The van der Waals surface area contributed by atoms with Gasteiger partial charge in [0.1, 0.15) is 11.5 Å². The van der Waals surface area contributed by atoms with Crippen molar-refractivity contribution in [2.45, 2.75) is 32.9 Å². The molecule has 1 amide bonds. The van der Waals surface area contributed by atoms with Gasteiger partial charge in [-0.1, -0.05) is 0 Å². The summed E-state index contributed by atoms with van der Waals surface area (Å²) in [6.07, 6.45) is 0.771. The third kappa shape index (κ3) is 4.33. The Morgan fingerprint density at radius 2 is 1.66 bits per heavy atom. The van der Waals surface area contributed by atoms with Crippen LogP contribution in [0.15, 0.2) is 24.3 Å². The number of amides is 1. The number of rotatable bonds is 5. The molecule has 1 aromatic carbocycles. The molecular weight excluding hydrogens is 392 g/mol. The van der Waals surface area contributed by atoms with Crippen molar-refractivity contribution in [2.24, 2.45) is 0 Å². The molecule has 1 aliphatic rings. The number of benzene rings is 1. The Morgan fingerprint density at radius 3 is 2.24 bits per heavy atom. The van der Waals surface area contributed by atoms with E-state index in [2.05, 4.69) is 23.9 Å². The van der Waals surface area contributed by atoms with Crippen LogP contribution in [0.1, 0.15) is 55.4 Å². The van der Waals surface area contributed by atoms with E-state index in [1.807, 2.05) is 0 Å². The molecule has 2 heterocycles. The van der Waals surface area contributed by atoms with Crippen LogP contribution in [0.2, 0.25) is 0 Å². The van der Waals surface area contributed by atoms with Crippen LogP contribution < -0.4 is 10.2 Å². The molecule has 1 aromatic heterocycles. The number of nitrogens with one attached hydrogen (secondary N) is 2. The summed E-state index contributed by atoms with van der Waals surface area (Å²) < 4.78 is 9.64. The number of ether oxygens (including phenoxy) is 2. The van der Waals surface area contributed by atoms with E-state index in [1.54, 1.807) is 12.1 Å². The van der Waals surface area contributed by atoms with E-state index in [9.17, 15) is 14.4 Å². The van der Waals surface area contributed by atoms with E-state index in [1.165, 1.54) is 42.6 Å². The van der Waals surface area contributed by atoms with Gasteiger partial charge in [-0.05, 0) is 43.7 Å². The maximum atomic E-state index is 12.7. The van der Waals surface area contributed by atoms with Crippen molar-refractivity contribution in [3.63, 3.8) is 0 Å². The zero-order chi connectivity index (χ0) is 21.1. The molecule has 0 saturated heterocycles. The molecule has 0 bridgehead atoms. The molecule has 0 aliphatic carbocycles. The molecule has 3 rings (SSSR count). The number of esters is 2. The third-order valence-electron chi connectivity index (χ3n) is 5.18. The molecule has 154 valence electrons. The zero-order valence-corrected chi connectivity index (χ0v) is 17.8. The van der Waals surface area contributed by atoms with Crippen LogP contribution in [-0.2, 0) is 22.4 Å². The fourth-order valence-electron chi connectivity index (χ4n) is 3.45. The second kappa shape index (κ2) is 8.75. The Morgan fingerprint density at radius 1 is 1.03 bits per heavy atom. The van der Waals surface area contributed by atoms with Crippen molar-refractivity contribution in [2.75, 3.05) is 26.1 Å². The van der Waals surface area contributed by atoms with E-state index in [-0.39, 0.29) is 5.91 Å². The molecule has 1 aliphatic heterocycles. The quantitative estimate of drug-likeness (QED) is 0.726. The number of hydrogen-bond acceptors (Lipinski definition) is 6. The predicted molar refractivity (Wildman–Crippen MR) is 110 cm³/mol. The standard InChI is InChI=1S/C21H24N2O5S/c1-12(2)23-10-9-15-16(11-23)29-19(17(15)21(26)28-4)22-18(24)13-5-7-14(8-6-13)20(25)27-3/h5-8,12H,9-11H2,1-4H3,(H,22,24)/p+1. The van der Waals surface area contributed by atoms with E-state index in [4.69, 9.17) is 4.74 Å². The van der Waals surface area contributed by atoms with Gasteiger partial charge >= 0.3 is 11.9 Å². The number of fused-ring (bicyclic) bond motifs is 1. The highest BCUT2D eigenvalue weighted by Crippen LogP contribution is 2.35. The fraction of sp³-hybridized carbons (Fsp3) is 0.381. The third-order valence-corrected chi connectivity index (χ3v) is 6.32. The van der Waals surface area contributed by atoms with Crippen LogP contribution in [0, 0.1) is 0 Å². The Kier molecular flexibility index (Phi) is 6.34. The van der Waals surface area contributed by atoms with Crippen LogP contribution in [0.5, 0.6) is 0 Å². The molecule has 0 radical (unpaired) electrons. The number of carbonyl (C=O) groups is 3. The lowest BCUT2D eigenvalue weighted by Crippen LogP contribution is -3.14. The molecule has 0 saturated carbocycles. The maximum absolute atomic E-state index is 12.7. The van der Waals surface area contributed by atoms with Crippen LogP contribution in [0.4, 0.5) is 5.00 Å². The lowest BCUT2D eigenvalue weighted by Gasteiger charge is -2.27. The van der Waals surface area contributed by atoms with Gasteiger partial charge in [0.05, 0.1) is 42.8 Å². The van der Waals surface area contributed by atoms with Crippen molar-refractivity contribution < 1.29 is 28.8 Å². The average molecular weight is 418 g/mol. The lowest BCUT2D eigenvalue weighted by molar-refractivity contribution is -0.936. The summed E-state index contributed by atoms with van der Waals surface area (Å²) in [5, 5.41) is 3.37. The molecule has 29 heavy (non-hydrogen) atoms. The summed E-state index contributed by atoms with van der Waals surface area (Å²) in [6, 6.07) is 6.66. The monoisotopic (exact) mass is 417 g/mol. The van der Waals surface area contributed by atoms with E-state index in [0.717, 1.165) is 30.0 Å². The van der Waals surface area contributed by atoms with E-state index in [0.29, 0.717) is 27.7 Å². The summed E-state index contributed by atoms with van der Waals surface area (Å²) in [5.41, 5.74) is 2.18. The maximum Gasteiger partial charge on any atom is 0.341 e. The average Bonchev–Trinajstić information content (AvgIpc) is 3.09. The summed E-state index contributed by atoms with van der Waals surface area (Å²) in [5.74, 6) is -1.25. The van der Waals surface area contributed by atoms with Crippen molar-refractivity contribution >= 4 is 34.2 Å². The summed E-state index contributed by atoms with van der Waals surface area (Å²) >= 11 is 1.43. The SMILES string of the molecule is COC(=O)c1ccc(C(=O)Nc2sc3c(c2C(=O)OC)CC[NH+](C(C)C)C3)cc1. The fourth-order valence-corrected chi connectivity index (χ4v) is 4.73. The number of hydrogen-bond donors (Lipinski definition) is 2. The number of carbonyl (C=O) groups excluding carboxylic acids is 3. The number of methoxy groups -OCH3 is 2. The smallest absolute Gasteiger partial charge is 0.341 e. The highest BCUT2D eigenvalue weighted by molar-refractivity contribution is 7.17. The van der Waals surface area contributed by atoms with Crippen LogP contribution in [0.3, 0.4) is 0 Å². The Labute approximate surface area is 173 Å². The van der Waals surface area contributed by atoms with Gasteiger partial charge in [-0.3, -0.25) is 4.79 Å². The molecule has 0 fully saturated rings. The predicted octanol–water partition coefficient (Wildman–Crippen LogP) is 1.92. The van der Waals surface area contributed by atoms with E-state index < -0.39 is 11.9 Å². The van der Waals surface area contributed by atoms with Gasteiger partial charge in [0.25, 0.3) is 5.91 Å². The van der Waals surface area contributed by atoms with Gasteiger partial charge < -0.3 is 19.7 Å². The second-order valence-electron chi connectivity index (χ2n) is 7.21. The minimum Gasteiger partial charge on any atom is -0.465 e. The van der Waals surface area contributed by atoms with Crippen molar-refractivity contribution in [3.05, 3.63) is 51.4 Å². The normalized spacial score (nSPS) is 15.6. The van der Waals surface area contributed by atoms with Gasteiger partial charge in [-0.2, -0.15) is 0 Å². The largest absolute Gasteiger partial charge is 0.465 e. The first-order valence-electron chi connectivity index (χ1n) is 9.42. The first-order valence-corrected chi connectivity index (χ1v) is 10.2. The number of thiophene rings is 1. The van der Waals surface area contributed by atoms with Crippen molar-refractivity contribution in [3.8, 4) is 0 Å². The van der Waals surface area contributed by atoms with Gasteiger partial charge in [0, 0.05) is 12.0 Å². The summed E-state index contributed by atoms with van der Waals surface area (Å²) in [6.45, 7) is 6.12. The van der Waals surface area contributed by atoms with Crippen LogP contribution in [-0.4, -0.2) is 44.7 Å². The highest BCUT2D eigenvalue weighted by atomic mass is 32.1.